The van der Waals surface area contributed by atoms with Crippen molar-refractivity contribution in [1.29, 1.82) is 0 Å². The van der Waals surface area contributed by atoms with E-state index in [9.17, 15) is 9.50 Å². The van der Waals surface area contributed by atoms with E-state index in [2.05, 4.69) is 4.98 Å². The Morgan fingerprint density at radius 2 is 2.00 bits per heavy atom. The molecule has 2 aromatic rings. The Kier molecular flexibility index (Phi) is 3.89. The Hall–Kier alpha value is -1.94. The topological polar surface area (TPSA) is 59.1 Å². The van der Waals surface area contributed by atoms with Crippen molar-refractivity contribution in [2.24, 2.45) is 0 Å². The fourth-order valence-corrected chi connectivity index (χ4v) is 1.88. The first-order chi connectivity index (χ1) is 8.65. The number of benzene rings is 1. The number of anilines is 1. The lowest BCUT2D eigenvalue weighted by Gasteiger charge is -2.11. The summed E-state index contributed by atoms with van der Waals surface area (Å²) in [5, 5.41) is 9.94. The molecule has 3 N–H and O–H groups in total. The van der Waals surface area contributed by atoms with Crippen molar-refractivity contribution in [3.63, 3.8) is 0 Å². The first-order valence-corrected chi connectivity index (χ1v) is 5.77. The summed E-state index contributed by atoms with van der Waals surface area (Å²) in [4.78, 5) is 3.88. The number of hydrogen-bond donors (Lipinski definition) is 2. The van der Waals surface area contributed by atoms with Crippen molar-refractivity contribution < 1.29 is 9.50 Å². The molecule has 0 spiro atoms. The number of rotatable bonds is 4. The number of halogens is 1. The molecule has 1 aromatic heterocycles. The number of aliphatic hydroxyl groups is 1. The molecule has 2 rings (SSSR count). The van der Waals surface area contributed by atoms with Gasteiger partial charge in [0.25, 0.3) is 0 Å². The van der Waals surface area contributed by atoms with E-state index in [1.807, 2.05) is 0 Å². The third-order valence-corrected chi connectivity index (χ3v) is 2.73. The van der Waals surface area contributed by atoms with Crippen LogP contribution < -0.4 is 5.73 Å². The third kappa shape index (κ3) is 3.28. The van der Waals surface area contributed by atoms with Gasteiger partial charge in [-0.3, -0.25) is 0 Å². The smallest absolute Gasteiger partial charge is 0.126 e. The van der Waals surface area contributed by atoms with Crippen molar-refractivity contribution >= 4 is 5.82 Å². The summed E-state index contributed by atoms with van der Waals surface area (Å²) in [7, 11) is 0. The van der Waals surface area contributed by atoms with Crippen LogP contribution in [0.3, 0.4) is 0 Å². The average Bonchev–Trinajstić information content (AvgIpc) is 2.32. The number of aliphatic hydroxyl groups excluding tert-OH is 1. The molecule has 0 aliphatic carbocycles. The quantitative estimate of drug-likeness (QED) is 0.866. The predicted octanol–water partition coefficient (Wildman–Crippen LogP) is 1.95. The molecule has 18 heavy (non-hydrogen) atoms. The first-order valence-electron chi connectivity index (χ1n) is 5.77. The molecule has 0 amide bonds. The molecule has 1 heterocycles. The van der Waals surface area contributed by atoms with E-state index in [1.165, 1.54) is 6.07 Å². The molecule has 1 atom stereocenters. The second kappa shape index (κ2) is 5.60. The summed E-state index contributed by atoms with van der Waals surface area (Å²) >= 11 is 0. The molecule has 0 saturated heterocycles. The Morgan fingerprint density at radius 3 is 2.72 bits per heavy atom. The fourth-order valence-electron chi connectivity index (χ4n) is 1.88. The van der Waals surface area contributed by atoms with Crippen LogP contribution in [0.25, 0.3) is 0 Å². The second-order valence-electron chi connectivity index (χ2n) is 4.24. The van der Waals surface area contributed by atoms with Gasteiger partial charge in [-0.25, -0.2) is 9.37 Å². The van der Waals surface area contributed by atoms with Crippen LogP contribution in [-0.2, 0) is 12.8 Å². The van der Waals surface area contributed by atoms with Crippen LogP contribution in [-0.4, -0.2) is 16.2 Å². The van der Waals surface area contributed by atoms with Crippen LogP contribution in [0.4, 0.5) is 10.2 Å². The van der Waals surface area contributed by atoms with Crippen molar-refractivity contribution in [2.45, 2.75) is 18.9 Å². The first kappa shape index (κ1) is 12.5. The van der Waals surface area contributed by atoms with Crippen LogP contribution in [0, 0.1) is 5.82 Å². The van der Waals surface area contributed by atoms with Gasteiger partial charge in [0.1, 0.15) is 11.6 Å². The van der Waals surface area contributed by atoms with Gasteiger partial charge >= 0.3 is 0 Å². The highest BCUT2D eigenvalue weighted by Gasteiger charge is 2.10. The largest absolute Gasteiger partial charge is 0.392 e. The fraction of sp³-hybridized carbons (Fsp3) is 0.214. The lowest BCUT2D eigenvalue weighted by atomic mass is 10.0. The summed E-state index contributed by atoms with van der Waals surface area (Å²) in [5.41, 5.74) is 6.97. The van der Waals surface area contributed by atoms with Crippen LogP contribution in [0.1, 0.15) is 11.1 Å². The maximum Gasteiger partial charge on any atom is 0.126 e. The summed E-state index contributed by atoms with van der Waals surface area (Å²) in [6, 6.07) is 9.97. The number of nitrogens with zero attached hydrogens (tertiary/aromatic N) is 1. The molecule has 1 aromatic carbocycles. The second-order valence-corrected chi connectivity index (χ2v) is 4.24. The number of pyridine rings is 1. The molecule has 0 aliphatic heterocycles. The zero-order valence-electron chi connectivity index (χ0n) is 9.88. The highest BCUT2D eigenvalue weighted by molar-refractivity contribution is 5.32. The molecule has 0 bridgehead atoms. The lowest BCUT2D eigenvalue weighted by Crippen LogP contribution is -2.15. The average molecular weight is 246 g/mol. The molecule has 3 nitrogen and oxygen atoms in total. The maximum absolute atomic E-state index is 13.4. The zero-order chi connectivity index (χ0) is 13.0. The zero-order valence-corrected chi connectivity index (χ0v) is 9.88. The summed E-state index contributed by atoms with van der Waals surface area (Å²) < 4.78 is 13.4. The lowest BCUT2D eigenvalue weighted by molar-refractivity contribution is 0.174. The summed E-state index contributed by atoms with van der Waals surface area (Å²) in [6.07, 6.45) is 1.68. The van der Waals surface area contributed by atoms with Gasteiger partial charge in [-0.15, -0.1) is 0 Å². The highest BCUT2D eigenvalue weighted by Crippen LogP contribution is 2.13. The predicted molar refractivity (Wildman–Crippen MR) is 68.5 cm³/mol. The molecule has 4 heteroatoms. The van der Waals surface area contributed by atoms with Gasteiger partial charge in [-0.05, 0) is 35.7 Å². The van der Waals surface area contributed by atoms with E-state index in [4.69, 9.17) is 5.73 Å². The molecule has 0 aliphatic rings. The minimum atomic E-state index is -0.635. The Bertz CT molecular complexity index is 531. The Morgan fingerprint density at radius 1 is 1.22 bits per heavy atom. The number of nitrogens with two attached hydrogens (primary N) is 1. The molecular formula is C14H15FN2O. The van der Waals surface area contributed by atoms with Gasteiger partial charge in [0, 0.05) is 12.6 Å². The van der Waals surface area contributed by atoms with E-state index < -0.39 is 6.10 Å². The van der Waals surface area contributed by atoms with E-state index in [-0.39, 0.29) is 12.2 Å². The van der Waals surface area contributed by atoms with Crippen molar-refractivity contribution in [2.75, 3.05) is 5.73 Å². The molecular weight excluding hydrogens is 231 g/mol. The van der Waals surface area contributed by atoms with Crippen molar-refractivity contribution in [3.8, 4) is 0 Å². The number of aromatic nitrogens is 1. The summed E-state index contributed by atoms with van der Waals surface area (Å²) in [6.45, 7) is 0. The highest BCUT2D eigenvalue weighted by atomic mass is 19.1. The van der Waals surface area contributed by atoms with Crippen molar-refractivity contribution in [1.82, 2.24) is 4.98 Å². The van der Waals surface area contributed by atoms with Gasteiger partial charge in [0.05, 0.1) is 6.10 Å². The Balaban J connectivity index is 2.01. The van der Waals surface area contributed by atoms with Gasteiger partial charge in [-0.2, -0.15) is 0 Å². The minimum absolute atomic E-state index is 0.286. The standard InChI is InChI=1S/C14H15FN2O/c15-13-4-2-1-3-11(13)9-12(18)7-10-5-6-17-14(16)8-10/h1-6,8,12,18H,7,9H2,(H2,16,17). The summed E-state index contributed by atoms with van der Waals surface area (Å²) in [5.74, 6) is 0.136. The van der Waals surface area contributed by atoms with Crippen LogP contribution in [0.5, 0.6) is 0 Å². The van der Waals surface area contributed by atoms with Gasteiger partial charge in [0.15, 0.2) is 0 Å². The van der Waals surface area contributed by atoms with Crippen LogP contribution >= 0.6 is 0 Å². The van der Waals surface area contributed by atoms with Crippen LogP contribution in [0.15, 0.2) is 42.6 Å². The molecule has 0 saturated carbocycles. The number of hydrogen-bond acceptors (Lipinski definition) is 3. The third-order valence-electron chi connectivity index (χ3n) is 2.73. The molecule has 94 valence electrons. The monoisotopic (exact) mass is 246 g/mol. The van der Waals surface area contributed by atoms with E-state index >= 15 is 0 Å². The van der Waals surface area contributed by atoms with Crippen molar-refractivity contribution in [3.05, 3.63) is 59.5 Å². The van der Waals surface area contributed by atoms with Crippen LogP contribution in [0.2, 0.25) is 0 Å². The van der Waals surface area contributed by atoms with E-state index in [1.54, 1.807) is 36.5 Å². The molecule has 0 fully saturated rings. The normalized spacial score (nSPS) is 12.3. The van der Waals surface area contributed by atoms with E-state index in [0.717, 1.165) is 5.56 Å². The molecule has 1 unspecified atom stereocenters. The van der Waals surface area contributed by atoms with Gasteiger partial charge < -0.3 is 10.8 Å². The van der Waals surface area contributed by atoms with Gasteiger partial charge in [0.2, 0.25) is 0 Å². The van der Waals surface area contributed by atoms with E-state index in [0.29, 0.717) is 17.8 Å². The van der Waals surface area contributed by atoms with Gasteiger partial charge in [-0.1, -0.05) is 18.2 Å². The number of nitrogen functional groups attached to an aromatic ring is 1. The molecule has 0 radical (unpaired) electrons. The Labute approximate surface area is 105 Å². The SMILES string of the molecule is Nc1cc(CC(O)Cc2ccccc2F)ccn1. The maximum atomic E-state index is 13.4. The minimum Gasteiger partial charge on any atom is -0.392 e.